The topological polar surface area (TPSA) is 98.3 Å². The third kappa shape index (κ3) is 5.41. The normalized spacial score (nSPS) is 10.5. The maximum absolute atomic E-state index is 12.1. The number of anilines is 4. The number of aromatic nitrogens is 3. The van der Waals surface area contributed by atoms with Gasteiger partial charge in [-0.25, -0.2) is 4.79 Å². The zero-order chi connectivity index (χ0) is 20.6. The summed E-state index contributed by atoms with van der Waals surface area (Å²) in [4.78, 5) is 16.6. The maximum atomic E-state index is 12.1. The lowest BCUT2D eigenvalue weighted by Crippen LogP contribution is -2.10. The molecule has 29 heavy (non-hydrogen) atoms. The molecule has 0 aliphatic rings. The molecule has 1 aromatic heterocycles. The summed E-state index contributed by atoms with van der Waals surface area (Å²) in [6.45, 7) is 5.98. The average Bonchev–Trinajstić information content (AvgIpc) is 2.70. The number of nitrogens with zero attached hydrogens (tertiary/aromatic N) is 3. The van der Waals surface area contributed by atoms with Crippen molar-refractivity contribution < 1.29 is 14.3 Å². The van der Waals surface area contributed by atoms with Gasteiger partial charge in [0.05, 0.1) is 35.8 Å². The van der Waals surface area contributed by atoms with Crippen molar-refractivity contribution >= 4 is 29.1 Å². The van der Waals surface area contributed by atoms with Crippen LogP contribution in [0.2, 0.25) is 0 Å². The molecule has 8 heteroatoms. The van der Waals surface area contributed by atoms with Crippen LogP contribution in [0, 0.1) is 0 Å². The standard InChI is InChI=1S/C21H23N5O3/c1-4-28-20(27)15-9-5-6-10-16(15)24-21-25-19(13-22-26-21)23-17-11-7-8-12-18(17)29-14(2)3/h5-14H,4H2,1-3H3,(H2,23,24,25,26). The van der Waals surface area contributed by atoms with Crippen molar-refractivity contribution in [1.82, 2.24) is 15.2 Å². The van der Waals surface area contributed by atoms with E-state index >= 15 is 0 Å². The van der Waals surface area contributed by atoms with Crippen molar-refractivity contribution in [3.05, 3.63) is 60.3 Å². The van der Waals surface area contributed by atoms with Gasteiger partial charge in [-0.2, -0.15) is 10.1 Å². The van der Waals surface area contributed by atoms with Gasteiger partial charge in [0.2, 0.25) is 5.95 Å². The number of hydrogen-bond donors (Lipinski definition) is 2. The maximum Gasteiger partial charge on any atom is 0.340 e. The second-order valence-electron chi connectivity index (χ2n) is 6.34. The number of ether oxygens (including phenoxy) is 2. The molecule has 0 radical (unpaired) electrons. The van der Waals surface area contributed by atoms with Gasteiger partial charge in [0.15, 0.2) is 5.82 Å². The highest BCUT2D eigenvalue weighted by Gasteiger charge is 2.13. The summed E-state index contributed by atoms with van der Waals surface area (Å²) in [7, 11) is 0. The first kappa shape index (κ1) is 20.1. The Balaban J connectivity index is 1.81. The van der Waals surface area contributed by atoms with E-state index in [-0.39, 0.29) is 12.1 Å². The highest BCUT2D eigenvalue weighted by atomic mass is 16.5. The summed E-state index contributed by atoms with van der Waals surface area (Å²) in [6, 6.07) is 14.6. The highest BCUT2D eigenvalue weighted by Crippen LogP contribution is 2.28. The van der Waals surface area contributed by atoms with Crippen LogP contribution >= 0.6 is 0 Å². The molecule has 0 amide bonds. The van der Waals surface area contributed by atoms with E-state index in [9.17, 15) is 4.79 Å². The first-order valence-corrected chi connectivity index (χ1v) is 9.32. The average molecular weight is 393 g/mol. The Morgan fingerprint density at radius 2 is 1.76 bits per heavy atom. The molecule has 1 heterocycles. The van der Waals surface area contributed by atoms with Crippen LogP contribution in [0.1, 0.15) is 31.1 Å². The predicted molar refractivity (Wildman–Crippen MR) is 111 cm³/mol. The van der Waals surface area contributed by atoms with E-state index in [4.69, 9.17) is 9.47 Å². The van der Waals surface area contributed by atoms with Gasteiger partial charge in [-0.15, -0.1) is 5.10 Å². The van der Waals surface area contributed by atoms with Crippen LogP contribution in [0.25, 0.3) is 0 Å². The minimum absolute atomic E-state index is 0.0399. The second-order valence-corrected chi connectivity index (χ2v) is 6.34. The van der Waals surface area contributed by atoms with Crippen LogP contribution < -0.4 is 15.4 Å². The van der Waals surface area contributed by atoms with E-state index in [2.05, 4.69) is 25.8 Å². The van der Waals surface area contributed by atoms with Crippen LogP contribution in [0.4, 0.5) is 23.1 Å². The SMILES string of the molecule is CCOC(=O)c1ccccc1Nc1nncc(Nc2ccccc2OC(C)C)n1. The largest absolute Gasteiger partial charge is 0.489 e. The minimum Gasteiger partial charge on any atom is -0.489 e. The zero-order valence-electron chi connectivity index (χ0n) is 16.5. The number of rotatable bonds is 8. The Morgan fingerprint density at radius 3 is 2.52 bits per heavy atom. The van der Waals surface area contributed by atoms with Crippen LogP contribution in [-0.4, -0.2) is 33.9 Å². The molecule has 0 fully saturated rings. The molecular weight excluding hydrogens is 370 g/mol. The Kier molecular flexibility index (Phi) is 6.57. The van der Waals surface area contributed by atoms with Gasteiger partial charge in [-0.3, -0.25) is 0 Å². The molecule has 0 bridgehead atoms. The molecule has 2 aromatic carbocycles. The fourth-order valence-electron chi connectivity index (χ4n) is 2.58. The number of carbonyl (C=O) groups is 1. The molecule has 0 atom stereocenters. The molecule has 3 rings (SSSR count). The van der Waals surface area contributed by atoms with Crippen molar-refractivity contribution in [3.8, 4) is 5.75 Å². The summed E-state index contributed by atoms with van der Waals surface area (Å²) in [5.41, 5.74) is 1.69. The van der Waals surface area contributed by atoms with Crippen LogP contribution in [0.5, 0.6) is 5.75 Å². The Morgan fingerprint density at radius 1 is 1.03 bits per heavy atom. The second kappa shape index (κ2) is 9.50. The summed E-state index contributed by atoms with van der Waals surface area (Å²) in [5, 5.41) is 14.2. The number of benzene rings is 2. The van der Waals surface area contributed by atoms with Crippen LogP contribution in [-0.2, 0) is 4.74 Å². The lowest BCUT2D eigenvalue weighted by molar-refractivity contribution is 0.0527. The van der Waals surface area contributed by atoms with E-state index < -0.39 is 5.97 Å². The molecular formula is C21H23N5O3. The third-order valence-electron chi connectivity index (χ3n) is 3.74. The first-order valence-electron chi connectivity index (χ1n) is 9.32. The fourth-order valence-corrected chi connectivity index (χ4v) is 2.58. The highest BCUT2D eigenvalue weighted by molar-refractivity contribution is 5.96. The predicted octanol–water partition coefficient (Wildman–Crippen LogP) is 4.32. The smallest absolute Gasteiger partial charge is 0.340 e. The van der Waals surface area contributed by atoms with Gasteiger partial charge in [-0.05, 0) is 45.0 Å². The molecule has 0 aliphatic carbocycles. The molecule has 8 nitrogen and oxygen atoms in total. The van der Waals surface area contributed by atoms with E-state index in [1.165, 1.54) is 6.20 Å². The monoisotopic (exact) mass is 393 g/mol. The number of nitrogens with one attached hydrogen (secondary N) is 2. The van der Waals surface area contributed by atoms with Gasteiger partial charge < -0.3 is 20.1 Å². The minimum atomic E-state index is -0.419. The molecule has 2 N–H and O–H groups in total. The van der Waals surface area contributed by atoms with E-state index in [0.29, 0.717) is 29.4 Å². The van der Waals surface area contributed by atoms with E-state index in [0.717, 1.165) is 5.69 Å². The van der Waals surface area contributed by atoms with Gasteiger partial charge in [0.25, 0.3) is 0 Å². The van der Waals surface area contributed by atoms with Crippen LogP contribution in [0.15, 0.2) is 54.7 Å². The molecule has 0 saturated carbocycles. The van der Waals surface area contributed by atoms with Gasteiger partial charge in [0, 0.05) is 0 Å². The summed E-state index contributed by atoms with van der Waals surface area (Å²) in [6.07, 6.45) is 1.55. The molecule has 3 aromatic rings. The zero-order valence-corrected chi connectivity index (χ0v) is 16.5. The van der Waals surface area contributed by atoms with E-state index in [1.54, 1.807) is 31.2 Å². The van der Waals surface area contributed by atoms with Crippen molar-refractivity contribution in [2.45, 2.75) is 26.9 Å². The van der Waals surface area contributed by atoms with Gasteiger partial charge in [-0.1, -0.05) is 24.3 Å². The molecule has 0 unspecified atom stereocenters. The quantitative estimate of drug-likeness (QED) is 0.546. The summed E-state index contributed by atoms with van der Waals surface area (Å²) in [5.74, 6) is 1.02. The van der Waals surface area contributed by atoms with Gasteiger partial charge in [0.1, 0.15) is 5.75 Å². The van der Waals surface area contributed by atoms with Crippen LogP contribution in [0.3, 0.4) is 0 Å². The molecule has 0 aliphatic heterocycles. The Labute approximate surface area is 169 Å². The summed E-state index contributed by atoms with van der Waals surface area (Å²) >= 11 is 0. The molecule has 0 spiro atoms. The Bertz CT molecular complexity index is 978. The number of para-hydroxylation sites is 3. The lowest BCUT2D eigenvalue weighted by atomic mass is 10.2. The summed E-state index contributed by atoms with van der Waals surface area (Å²) < 4.78 is 10.9. The first-order chi connectivity index (χ1) is 14.1. The molecule has 150 valence electrons. The van der Waals surface area contributed by atoms with E-state index in [1.807, 2.05) is 38.1 Å². The number of carbonyl (C=O) groups excluding carboxylic acids is 1. The molecule has 0 saturated heterocycles. The van der Waals surface area contributed by atoms with Gasteiger partial charge >= 0.3 is 5.97 Å². The Hall–Kier alpha value is -3.68. The third-order valence-corrected chi connectivity index (χ3v) is 3.74. The van der Waals surface area contributed by atoms with Crippen molar-refractivity contribution in [2.24, 2.45) is 0 Å². The van der Waals surface area contributed by atoms with Crippen molar-refractivity contribution in [2.75, 3.05) is 17.2 Å². The van der Waals surface area contributed by atoms with Crippen molar-refractivity contribution in [1.29, 1.82) is 0 Å². The number of hydrogen-bond acceptors (Lipinski definition) is 8. The number of esters is 1. The fraction of sp³-hybridized carbons (Fsp3) is 0.238. The lowest BCUT2D eigenvalue weighted by Gasteiger charge is -2.15. The van der Waals surface area contributed by atoms with Crippen molar-refractivity contribution in [3.63, 3.8) is 0 Å².